The Hall–Kier alpha value is -3.01. The summed E-state index contributed by atoms with van der Waals surface area (Å²) >= 11 is 0. The van der Waals surface area contributed by atoms with Gasteiger partial charge in [-0.05, 0) is 48.2 Å². The molecule has 3 N–H and O–H groups in total. The molecule has 0 saturated carbocycles. The normalized spacial score (nSPS) is 11.0. The van der Waals surface area contributed by atoms with Gasteiger partial charge in [-0.15, -0.1) is 0 Å². The lowest BCUT2D eigenvalue weighted by Crippen LogP contribution is -1.89. The van der Waals surface area contributed by atoms with E-state index in [1.165, 1.54) is 11.1 Å². The highest BCUT2D eigenvalue weighted by molar-refractivity contribution is 5.84. The van der Waals surface area contributed by atoms with Crippen LogP contribution in [0.25, 0.3) is 22.0 Å². The van der Waals surface area contributed by atoms with Crippen LogP contribution in [0.4, 0.5) is 11.4 Å². The molecule has 22 heavy (non-hydrogen) atoms. The lowest BCUT2D eigenvalue weighted by Gasteiger charge is -2.07. The van der Waals surface area contributed by atoms with Crippen LogP contribution >= 0.6 is 0 Å². The molecule has 2 aromatic heterocycles. The maximum atomic E-state index is 3.98. The molecular weight excluding hydrogens is 272 g/mol. The van der Waals surface area contributed by atoms with E-state index in [1.54, 1.807) is 0 Å². The quantitative estimate of drug-likeness (QED) is 0.515. The van der Waals surface area contributed by atoms with E-state index in [-0.39, 0.29) is 0 Å². The molecule has 0 radical (unpaired) electrons. The summed E-state index contributed by atoms with van der Waals surface area (Å²) in [7, 11) is 0. The molecule has 0 aliphatic carbocycles. The van der Waals surface area contributed by atoms with Gasteiger partial charge in [0.2, 0.25) is 0 Å². The zero-order valence-corrected chi connectivity index (χ0v) is 12.2. The molecule has 0 aliphatic rings. The number of H-pyrrole nitrogens is 2. The first-order chi connectivity index (χ1) is 10.8. The van der Waals surface area contributed by atoms with E-state index in [0.717, 1.165) is 28.0 Å². The van der Waals surface area contributed by atoms with Crippen molar-refractivity contribution in [2.45, 2.75) is 6.92 Å². The molecular formula is C18H16N4. The first-order valence-electron chi connectivity index (χ1n) is 7.23. The van der Waals surface area contributed by atoms with Gasteiger partial charge in [-0.25, -0.2) is 0 Å². The summed E-state index contributed by atoms with van der Waals surface area (Å²) in [4.78, 5) is 3.36. The van der Waals surface area contributed by atoms with Gasteiger partial charge >= 0.3 is 0 Å². The van der Waals surface area contributed by atoms with Crippen molar-refractivity contribution in [3.05, 3.63) is 66.6 Å². The molecule has 4 nitrogen and oxygen atoms in total. The summed E-state index contributed by atoms with van der Waals surface area (Å²) in [6, 6.07) is 16.8. The van der Waals surface area contributed by atoms with Crippen molar-refractivity contribution in [2.75, 3.05) is 5.32 Å². The van der Waals surface area contributed by atoms with Gasteiger partial charge in [0.15, 0.2) is 0 Å². The first kappa shape index (κ1) is 12.7. The lowest BCUT2D eigenvalue weighted by atomic mass is 10.1. The van der Waals surface area contributed by atoms with Crippen LogP contribution in [0, 0.1) is 6.92 Å². The van der Waals surface area contributed by atoms with Crippen molar-refractivity contribution in [3.8, 4) is 11.1 Å². The number of hydrogen-bond acceptors (Lipinski definition) is 2. The van der Waals surface area contributed by atoms with Gasteiger partial charge in [-0.1, -0.05) is 18.2 Å². The Bertz CT molecular complexity index is 902. The van der Waals surface area contributed by atoms with Crippen molar-refractivity contribution in [1.29, 1.82) is 0 Å². The monoisotopic (exact) mass is 288 g/mol. The molecule has 0 unspecified atom stereocenters. The number of hydrogen-bond donors (Lipinski definition) is 3. The third-order valence-electron chi connectivity index (χ3n) is 3.76. The third-order valence-corrected chi connectivity index (χ3v) is 3.76. The molecule has 2 aromatic carbocycles. The molecule has 0 fully saturated rings. The van der Waals surface area contributed by atoms with Crippen LogP contribution in [0.5, 0.6) is 0 Å². The van der Waals surface area contributed by atoms with Crippen LogP contribution in [0.1, 0.15) is 5.69 Å². The van der Waals surface area contributed by atoms with Crippen molar-refractivity contribution in [1.82, 2.24) is 15.2 Å². The van der Waals surface area contributed by atoms with E-state index >= 15 is 0 Å². The average Bonchev–Trinajstić information content (AvgIpc) is 3.16. The molecule has 4 aromatic rings. The molecule has 2 heterocycles. The molecule has 0 bridgehead atoms. The van der Waals surface area contributed by atoms with Gasteiger partial charge in [0, 0.05) is 34.3 Å². The number of anilines is 2. The molecule has 0 atom stereocenters. The van der Waals surface area contributed by atoms with Crippen LogP contribution in [0.15, 0.2) is 60.9 Å². The highest BCUT2D eigenvalue weighted by Crippen LogP contribution is 2.25. The van der Waals surface area contributed by atoms with Crippen molar-refractivity contribution >= 4 is 22.3 Å². The van der Waals surface area contributed by atoms with Crippen molar-refractivity contribution in [2.24, 2.45) is 0 Å². The minimum absolute atomic E-state index is 1.06. The summed E-state index contributed by atoms with van der Waals surface area (Å²) in [6.07, 6.45) is 3.72. The summed E-state index contributed by atoms with van der Waals surface area (Å²) < 4.78 is 0. The Balaban J connectivity index is 1.59. The van der Waals surface area contributed by atoms with Crippen LogP contribution < -0.4 is 5.32 Å². The van der Waals surface area contributed by atoms with E-state index in [2.05, 4.69) is 76.0 Å². The standard InChI is InChI=1S/C18H16N4/c1-12-8-14-4-7-17(9-18(14)21-12)22-16-5-2-13(3-6-16)15-10-19-20-11-15/h2-11,21-22H,1H3,(H,19,20). The zero-order chi connectivity index (χ0) is 14.9. The van der Waals surface area contributed by atoms with E-state index in [0.29, 0.717) is 0 Å². The fourth-order valence-electron chi connectivity index (χ4n) is 2.67. The van der Waals surface area contributed by atoms with E-state index in [1.807, 2.05) is 12.4 Å². The maximum Gasteiger partial charge on any atom is 0.0565 e. The Morgan fingerprint density at radius 2 is 1.73 bits per heavy atom. The SMILES string of the molecule is Cc1cc2ccc(Nc3ccc(-c4cn[nH]c4)cc3)cc2[nH]1. The Morgan fingerprint density at radius 1 is 0.909 bits per heavy atom. The van der Waals surface area contributed by atoms with Gasteiger partial charge < -0.3 is 10.3 Å². The molecule has 0 saturated heterocycles. The summed E-state index contributed by atoms with van der Waals surface area (Å²) in [5.74, 6) is 0. The minimum Gasteiger partial charge on any atom is -0.359 e. The van der Waals surface area contributed by atoms with Gasteiger partial charge in [0.25, 0.3) is 0 Å². The van der Waals surface area contributed by atoms with E-state index < -0.39 is 0 Å². The highest BCUT2D eigenvalue weighted by Gasteiger charge is 2.02. The van der Waals surface area contributed by atoms with Crippen molar-refractivity contribution < 1.29 is 0 Å². The molecule has 4 rings (SSSR count). The van der Waals surface area contributed by atoms with Crippen molar-refractivity contribution in [3.63, 3.8) is 0 Å². The van der Waals surface area contributed by atoms with Crippen LogP contribution in [0.2, 0.25) is 0 Å². The topological polar surface area (TPSA) is 56.5 Å². The number of aromatic nitrogens is 3. The van der Waals surface area contributed by atoms with Gasteiger partial charge in [-0.3, -0.25) is 5.10 Å². The van der Waals surface area contributed by atoms with Gasteiger partial charge in [0.1, 0.15) is 0 Å². The average molecular weight is 288 g/mol. The fraction of sp³-hybridized carbons (Fsp3) is 0.0556. The van der Waals surface area contributed by atoms with Gasteiger partial charge in [0.05, 0.1) is 6.20 Å². The summed E-state index contributed by atoms with van der Waals surface area (Å²) in [6.45, 7) is 2.07. The van der Waals surface area contributed by atoms with E-state index in [9.17, 15) is 0 Å². The smallest absolute Gasteiger partial charge is 0.0565 e. The second-order valence-corrected chi connectivity index (χ2v) is 5.44. The Kier molecular flexibility index (Phi) is 2.93. The minimum atomic E-state index is 1.06. The number of aromatic amines is 2. The molecule has 4 heteroatoms. The Morgan fingerprint density at radius 3 is 2.50 bits per heavy atom. The molecule has 0 aliphatic heterocycles. The lowest BCUT2D eigenvalue weighted by molar-refractivity contribution is 1.09. The van der Waals surface area contributed by atoms with Crippen LogP contribution in [-0.4, -0.2) is 15.2 Å². The molecule has 0 spiro atoms. The number of nitrogens with one attached hydrogen (secondary N) is 3. The van der Waals surface area contributed by atoms with Crippen LogP contribution in [0.3, 0.4) is 0 Å². The number of rotatable bonds is 3. The Labute approximate surface area is 128 Å². The first-order valence-corrected chi connectivity index (χ1v) is 7.23. The number of benzene rings is 2. The predicted octanol–water partition coefficient (Wildman–Crippen LogP) is 4.61. The van der Waals surface area contributed by atoms with E-state index in [4.69, 9.17) is 0 Å². The third kappa shape index (κ3) is 2.35. The molecule has 0 amide bonds. The maximum absolute atomic E-state index is 3.98. The largest absolute Gasteiger partial charge is 0.359 e. The number of nitrogens with zero attached hydrogens (tertiary/aromatic N) is 1. The van der Waals surface area contributed by atoms with Crippen LogP contribution in [-0.2, 0) is 0 Å². The summed E-state index contributed by atoms with van der Waals surface area (Å²) in [5.41, 5.74) is 6.71. The second kappa shape index (κ2) is 5.07. The zero-order valence-electron chi connectivity index (χ0n) is 12.2. The summed E-state index contributed by atoms with van der Waals surface area (Å²) in [5, 5.41) is 11.5. The number of aryl methyl sites for hydroxylation is 1. The highest BCUT2D eigenvalue weighted by atomic mass is 15.1. The second-order valence-electron chi connectivity index (χ2n) is 5.44. The number of fused-ring (bicyclic) bond motifs is 1. The predicted molar refractivity (Wildman–Crippen MR) is 90.3 cm³/mol. The fourth-order valence-corrected chi connectivity index (χ4v) is 2.67. The molecule has 108 valence electrons. The van der Waals surface area contributed by atoms with Gasteiger partial charge in [-0.2, -0.15) is 5.10 Å².